The molecule has 0 fully saturated rings. The van der Waals surface area contributed by atoms with Gasteiger partial charge in [0.1, 0.15) is 5.76 Å². The van der Waals surface area contributed by atoms with Crippen LogP contribution in [0, 0.1) is 6.92 Å². The molecule has 136 valence electrons. The molecule has 0 atom stereocenters. The van der Waals surface area contributed by atoms with Crippen LogP contribution < -0.4 is 0 Å². The van der Waals surface area contributed by atoms with Gasteiger partial charge in [-0.05, 0) is 49.4 Å². The van der Waals surface area contributed by atoms with E-state index in [9.17, 15) is 4.79 Å². The van der Waals surface area contributed by atoms with Gasteiger partial charge >= 0.3 is 0 Å². The lowest BCUT2D eigenvalue weighted by atomic mass is 10.2. The highest BCUT2D eigenvalue weighted by Gasteiger charge is 2.19. The van der Waals surface area contributed by atoms with Crippen LogP contribution in [0.3, 0.4) is 0 Å². The number of aromatic nitrogens is 3. The molecule has 4 heterocycles. The lowest BCUT2D eigenvalue weighted by molar-refractivity contribution is 0.0719. The molecule has 0 N–H and O–H groups in total. The summed E-state index contributed by atoms with van der Waals surface area (Å²) in [7, 11) is 0. The molecule has 0 aliphatic rings. The third-order valence-corrected chi connectivity index (χ3v) is 5.08. The molecule has 0 spiro atoms. The quantitative estimate of drug-likeness (QED) is 0.507. The zero-order valence-electron chi connectivity index (χ0n) is 14.8. The predicted molar refractivity (Wildman–Crippen MR) is 103 cm³/mol. The van der Waals surface area contributed by atoms with Gasteiger partial charge < -0.3 is 9.32 Å². The van der Waals surface area contributed by atoms with Crippen LogP contribution in [0.5, 0.6) is 0 Å². The van der Waals surface area contributed by atoms with Crippen molar-refractivity contribution in [2.24, 2.45) is 0 Å². The maximum atomic E-state index is 13.1. The minimum absolute atomic E-state index is 0.0861. The molecule has 0 radical (unpaired) electrons. The molecule has 0 aromatic carbocycles. The first-order valence-corrected chi connectivity index (χ1v) is 9.34. The number of hydrogen-bond donors (Lipinski definition) is 0. The van der Waals surface area contributed by atoms with Gasteiger partial charge in [0, 0.05) is 28.3 Å². The molecule has 1 amide bonds. The SMILES string of the molecule is Cc1ccc(CN(Cc2ccco2)C(=O)c2ccc(-n3cccn3)nc2)s1. The van der Waals surface area contributed by atoms with Gasteiger partial charge in [-0.3, -0.25) is 4.79 Å². The number of amides is 1. The molecule has 7 heteroatoms. The van der Waals surface area contributed by atoms with E-state index in [1.165, 1.54) is 4.88 Å². The molecule has 0 aliphatic heterocycles. The number of rotatable bonds is 6. The van der Waals surface area contributed by atoms with Gasteiger partial charge in [0.25, 0.3) is 5.91 Å². The Bertz CT molecular complexity index is 1000. The van der Waals surface area contributed by atoms with Crippen LogP contribution in [0.1, 0.15) is 25.9 Å². The Morgan fingerprint density at radius 1 is 1.19 bits per heavy atom. The monoisotopic (exact) mass is 378 g/mol. The van der Waals surface area contributed by atoms with Gasteiger partial charge in [-0.15, -0.1) is 11.3 Å². The van der Waals surface area contributed by atoms with E-state index in [0.29, 0.717) is 24.5 Å². The van der Waals surface area contributed by atoms with E-state index in [-0.39, 0.29) is 5.91 Å². The summed E-state index contributed by atoms with van der Waals surface area (Å²) < 4.78 is 7.10. The summed E-state index contributed by atoms with van der Waals surface area (Å²) >= 11 is 1.69. The Morgan fingerprint density at radius 3 is 2.74 bits per heavy atom. The first kappa shape index (κ1) is 17.2. The summed E-state index contributed by atoms with van der Waals surface area (Å²) in [6.07, 6.45) is 6.71. The fourth-order valence-corrected chi connectivity index (χ4v) is 3.69. The van der Waals surface area contributed by atoms with Gasteiger partial charge in [0.05, 0.1) is 24.9 Å². The first-order valence-electron chi connectivity index (χ1n) is 8.52. The lowest BCUT2D eigenvalue weighted by Gasteiger charge is -2.21. The van der Waals surface area contributed by atoms with E-state index >= 15 is 0 Å². The lowest BCUT2D eigenvalue weighted by Crippen LogP contribution is -2.29. The van der Waals surface area contributed by atoms with Crippen LogP contribution in [-0.4, -0.2) is 25.6 Å². The maximum Gasteiger partial charge on any atom is 0.256 e. The number of aryl methyl sites for hydroxylation is 1. The Balaban J connectivity index is 1.57. The Hall–Kier alpha value is -3.19. The third-order valence-electron chi connectivity index (χ3n) is 4.09. The normalized spacial score (nSPS) is 10.9. The summed E-state index contributed by atoms with van der Waals surface area (Å²) in [5.74, 6) is 1.33. The number of thiophene rings is 1. The molecule has 0 aliphatic carbocycles. The van der Waals surface area contributed by atoms with Crippen molar-refractivity contribution < 1.29 is 9.21 Å². The van der Waals surface area contributed by atoms with E-state index in [1.807, 2.05) is 24.4 Å². The smallest absolute Gasteiger partial charge is 0.256 e. The Kier molecular flexibility index (Phi) is 4.84. The van der Waals surface area contributed by atoms with Crippen LogP contribution in [0.15, 0.2) is 71.7 Å². The highest BCUT2D eigenvalue weighted by molar-refractivity contribution is 7.11. The summed E-state index contributed by atoms with van der Waals surface area (Å²) in [6.45, 7) is 2.99. The zero-order valence-corrected chi connectivity index (χ0v) is 15.6. The number of nitrogens with zero attached hydrogens (tertiary/aromatic N) is 4. The summed E-state index contributed by atoms with van der Waals surface area (Å²) in [6, 6.07) is 13.2. The predicted octanol–water partition coefficient (Wildman–Crippen LogP) is 4.07. The van der Waals surface area contributed by atoms with Gasteiger partial charge in [0.2, 0.25) is 0 Å². The van der Waals surface area contributed by atoms with Crippen LogP contribution >= 0.6 is 11.3 Å². The average Bonchev–Trinajstić information content (AvgIpc) is 3.44. The summed E-state index contributed by atoms with van der Waals surface area (Å²) in [4.78, 5) is 21.6. The van der Waals surface area contributed by atoms with Crippen molar-refractivity contribution in [2.75, 3.05) is 0 Å². The minimum atomic E-state index is -0.0861. The molecule has 6 nitrogen and oxygen atoms in total. The van der Waals surface area contributed by atoms with Gasteiger partial charge in [-0.25, -0.2) is 9.67 Å². The Labute approximate surface area is 160 Å². The van der Waals surface area contributed by atoms with E-state index in [2.05, 4.69) is 29.1 Å². The second-order valence-corrected chi connectivity index (χ2v) is 7.48. The van der Waals surface area contributed by atoms with Crippen molar-refractivity contribution in [1.82, 2.24) is 19.7 Å². The topological polar surface area (TPSA) is 64.2 Å². The zero-order chi connectivity index (χ0) is 18.6. The average molecular weight is 378 g/mol. The van der Waals surface area contributed by atoms with Crippen LogP contribution in [0.2, 0.25) is 0 Å². The summed E-state index contributed by atoms with van der Waals surface area (Å²) in [5, 5.41) is 4.15. The number of pyridine rings is 1. The fraction of sp³-hybridized carbons (Fsp3) is 0.150. The van der Waals surface area contributed by atoms with Crippen LogP contribution in [0.4, 0.5) is 0 Å². The number of carbonyl (C=O) groups excluding carboxylic acids is 1. The van der Waals surface area contributed by atoms with Crippen molar-refractivity contribution in [2.45, 2.75) is 20.0 Å². The van der Waals surface area contributed by atoms with E-state index in [0.717, 1.165) is 10.6 Å². The van der Waals surface area contributed by atoms with E-state index in [4.69, 9.17) is 4.42 Å². The second-order valence-electron chi connectivity index (χ2n) is 6.11. The Morgan fingerprint density at radius 2 is 2.11 bits per heavy atom. The largest absolute Gasteiger partial charge is 0.467 e. The second kappa shape index (κ2) is 7.59. The number of hydrogen-bond acceptors (Lipinski definition) is 5. The van der Waals surface area contributed by atoms with Crippen molar-refractivity contribution in [3.8, 4) is 5.82 Å². The standard InChI is InChI=1S/C20H18N4O2S/c1-15-5-7-18(27-15)14-23(13-17-4-2-11-26-17)20(25)16-6-8-19(21-12-16)24-10-3-9-22-24/h2-12H,13-14H2,1H3. The van der Waals surface area contributed by atoms with Crippen molar-refractivity contribution in [3.05, 3.63) is 88.4 Å². The van der Waals surface area contributed by atoms with Gasteiger partial charge in [-0.2, -0.15) is 5.10 Å². The molecule has 27 heavy (non-hydrogen) atoms. The van der Waals surface area contributed by atoms with E-state index < -0.39 is 0 Å². The number of carbonyl (C=O) groups is 1. The first-order chi connectivity index (χ1) is 13.2. The molecule has 0 saturated heterocycles. The molecule has 0 saturated carbocycles. The van der Waals surface area contributed by atoms with Crippen molar-refractivity contribution in [1.29, 1.82) is 0 Å². The molecule has 0 bridgehead atoms. The third kappa shape index (κ3) is 3.98. The van der Waals surface area contributed by atoms with Crippen LogP contribution in [-0.2, 0) is 13.1 Å². The van der Waals surface area contributed by atoms with Crippen LogP contribution in [0.25, 0.3) is 5.82 Å². The molecule has 0 unspecified atom stereocenters. The molecule has 4 aromatic heterocycles. The van der Waals surface area contributed by atoms with Gasteiger partial charge in [0.15, 0.2) is 5.82 Å². The maximum absolute atomic E-state index is 13.1. The fourth-order valence-electron chi connectivity index (χ4n) is 2.78. The molecular weight excluding hydrogens is 360 g/mol. The molecule has 4 aromatic rings. The van der Waals surface area contributed by atoms with Gasteiger partial charge in [-0.1, -0.05) is 0 Å². The highest BCUT2D eigenvalue weighted by atomic mass is 32.1. The van der Waals surface area contributed by atoms with E-state index in [1.54, 1.807) is 51.7 Å². The highest BCUT2D eigenvalue weighted by Crippen LogP contribution is 2.20. The van der Waals surface area contributed by atoms with Crippen molar-refractivity contribution >= 4 is 17.2 Å². The summed E-state index contributed by atoms with van der Waals surface area (Å²) in [5.41, 5.74) is 0.533. The van der Waals surface area contributed by atoms with Crippen molar-refractivity contribution in [3.63, 3.8) is 0 Å². The minimum Gasteiger partial charge on any atom is -0.467 e. The molecular formula is C20H18N4O2S. The number of furan rings is 1. The molecule has 4 rings (SSSR count).